The van der Waals surface area contributed by atoms with Gasteiger partial charge >= 0.3 is 0 Å². The van der Waals surface area contributed by atoms with Gasteiger partial charge in [0.2, 0.25) is 11.8 Å². The van der Waals surface area contributed by atoms with Crippen molar-refractivity contribution in [3.8, 4) is 0 Å². The Hall–Kier alpha value is -4.43. The van der Waals surface area contributed by atoms with Gasteiger partial charge in [-0.15, -0.1) is 0 Å². The minimum Gasteiger partial charge on any atom is -0.352 e. The van der Waals surface area contributed by atoms with Crippen molar-refractivity contribution in [3.05, 3.63) is 131 Å². The summed E-state index contributed by atoms with van der Waals surface area (Å²) in [4.78, 5) is 30.5. The van der Waals surface area contributed by atoms with Crippen molar-refractivity contribution < 1.29 is 18.0 Å². The van der Waals surface area contributed by atoms with Gasteiger partial charge < -0.3 is 10.2 Å². The number of sulfonamides is 1. The van der Waals surface area contributed by atoms with Crippen LogP contribution in [0.25, 0.3) is 0 Å². The summed E-state index contributed by atoms with van der Waals surface area (Å²) in [6, 6.07) is 32.0. The van der Waals surface area contributed by atoms with E-state index in [0.717, 1.165) is 58.7 Å². The Labute approximate surface area is 273 Å². The van der Waals surface area contributed by atoms with Crippen molar-refractivity contribution in [2.24, 2.45) is 0 Å². The Balaban J connectivity index is 1.55. The van der Waals surface area contributed by atoms with E-state index in [4.69, 9.17) is 0 Å². The lowest BCUT2D eigenvalue weighted by molar-refractivity contribution is -0.140. The van der Waals surface area contributed by atoms with Crippen LogP contribution in [0.5, 0.6) is 0 Å². The van der Waals surface area contributed by atoms with Gasteiger partial charge in [0.1, 0.15) is 12.6 Å². The molecular weight excluding hydrogens is 595 g/mol. The van der Waals surface area contributed by atoms with Gasteiger partial charge in [-0.3, -0.25) is 13.9 Å². The van der Waals surface area contributed by atoms with Crippen LogP contribution in [-0.4, -0.2) is 43.8 Å². The summed E-state index contributed by atoms with van der Waals surface area (Å²) >= 11 is 0. The minimum absolute atomic E-state index is 0.0539. The van der Waals surface area contributed by atoms with E-state index in [2.05, 4.69) is 5.32 Å². The van der Waals surface area contributed by atoms with E-state index in [9.17, 15) is 18.0 Å². The van der Waals surface area contributed by atoms with Crippen molar-refractivity contribution in [2.45, 2.75) is 75.9 Å². The number of carbonyl (C=O) groups is 2. The standard InChI is InChI=1S/C38H43N3O4S/c1-29-21-23-35(24-22-29)46(44,45)41(34-19-10-5-11-20-34)28-37(42)40(27-32-16-12-13-30(2)25-32)36(26-31-14-6-3-7-15-31)38(43)39-33-17-8-4-9-18-33/h3,5-7,10-16,19-25,33,36H,4,8-9,17-18,26-28H2,1-2H3,(H,39,43)/t36-/m1/s1. The van der Waals surface area contributed by atoms with Crippen LogP contribution in [0.3, 0.4) is 0 Å². The normalized spacial score (nSPS) is 14.3. The molecule has 1 N–H and O–H groups in total. The van der Waals surface area contributed by atoms with Gasteiger partial charge in [-0.1, -0.05) is 115 Å². The molecule has 4 aromatic carbocycles. The zero-order valence-corrected chi connectivity index (χ0v) is 27.5. The lowest BCUT2D eigenvalue weighted by atomic mass is 9.94. The number of nitrogens with one attached hydrogen (secondary N) is 1. The fourth-order valence-electron chi connectivity index (χ4n) is 6.07. The lowest BCUT2D eigenvalue weighted by Gasteiger charge is -2.35. The molecule has 1 fully saturated rings. The Kier molecular flexibility index (Phi) is 10.9. The van der Waals surface area contributed by atoms with Crippen molar-refractivity contribution >= 4 is 27.5 Å². The topological polar surface area (TPSA) is 86.8 Å². The van der Waals surface area contributed by atoms with Gasteiger partial charge in [0.15, 0.2) is 0 Å². The zero-order valence-electron chi connectivity index (χ0n) is 26.6. The number of hydrogen-bond acceptors (Lipinski definition) is 4. The second-order valence-electron chi connectivity index (χ2n) is 12.2. The lowest BCUT2D eigenvalue weighted by Crippen LogP contribution is -2.55. The molecule has 1 atom stereocenters. The van der Waals surface area contributed by atoms with Crippen LogP contribution >= 0.6 is 0 Å². The number of hydrogen-bond donors (Lipinski definition) is 1. The maximum atomic E-state index is 14.6. The largest absolute Gasteiger partial charge is 0.352 e. The van der Waals surface area contributed by atoms with Crippen LogP contribution < -0.4 is 9.62 Å². The van der Waals surface area contributed by atoms with Gasteiger partial charge in [-0.05, 0) is 62.1 Å². The number of carbonyl (C=O) groups excluding carboxylic acids is 2. The average molecular weight is 638 g/mol. The highest BCUT2D eigenvalue weighted by Crippen LogP contribution is 2.26. The second-order valence-corrected chi connectivity index (χ2v) is 14.1. The van der Waals surface area contributed by atoms with Crippen LogP contribution in [0.1, 0.15) is 54.4 Å². The Bertz CT molecular complexity index is 1700. The number of rotatable bonds is 12. The Morgan fingerprint density at radius 3 is 2.04 bits per heavy atom. The molecule has 1 aliphatic carbocycles. The summed E-state index contributed by atoms with van der Waals surface area (Å²) in [6.07, 6.45) is 5.39. The van der Waals surface area contributed by atoms with Crippen molar-refractivity contribution in [1.82, 2.24) is 10.2 Å². The maximum absolute atomic E-state index is 14.6. The molecule has 4 aromatic rings. The molecule has 0 heterocycles. The van der Waals surface area contributed by atoms with Gasteiger partial charge in [-0.2, -0.15) is 0 Å². The molecule has 240 valence electrons. The quantitative estimate of drug-likeness (QED) is 0.190. The first-order chi connectivity index (χ1) is 22.2. The molecule has 0 aliphatic heterocycles. The third-order valence-electron chi connectivity index (χ3n) is 8.59. The predicted molar refractivity (Wildman–Crippen MR) is 183 cm³/mol. The molecule has 0 saturated heterocycles. The van der Waals surface area contributed by atoms with Gasteiger partial charge in [-0.25, -0.2) is 8.42 Å². The van der Waals surface area contributed by atoms with Crippen molar-refractivity contribution in [3.63, 3.8) is 0 Å². The molecular formula is C38H43N3O4S. The van der Waals surface area contributed by atoms with Gasteiger partial charge in [0.05, 0.1) is 10.6 Å². The van der Waals surface area contributed by atoms with E-state index in [1.807, 2.05) is 68.4 Å². The number of benzene rings is 4. The molecule has 46 heavy (non-hydrogen) atoms. The summed E-state index contributed by atoms with van der Waals surface area (Å²) in [5.74, 6) is -0.676. The Morgan fingerprint density at radius 1 is 0.761 bits per heavy atom. The molecule has 1 saturated carbocycles. The fraction of sp³-hybridized carbons (Fsp3) is 0.316. The summed E-state index contributed by atoms with van der Waals surface area (Å²) < 4.78 is 29.4. The Morgan fingerprint density at radius 2 is 1.39 bits per heavy atom. The van der Waals surface area contributed by atoms with Crippen LogP contribution in [0, 0.1) is 13.8 Å². The average Bonchev–Trinajstić information content (AvgIpc) is 3.06. The molecule has 7 nitrogen and oxygen atoms in total. The molecule has 1 aliphatic rings. The number of amides is 2. The fourth-order valence-corrected chi connectivity index (χ4v) is 7.48. The van der Waals surface area contributed by atoms with E-state index in [1.165, 1.54) is 0 Å². The smallest absolute Gasteiger partial charge is 0.264 e. The number of nitrogens with zero attached hydrogens (tertiary/aromatic N) is 2. The molecule has 5 rings (SSSR count). The minimum atomic E-state index is -4.12. The monoisotopic (exact) mass is 637 g/mol. The molecule has 0 spiro atoms. The highest BCUT2D eigenvalue weighted by atomic mass is 32.2. The van der Waals surface area contributed by atoms with Crippen LogP contribution in [-0.2, 0) is 32.6 Å². The van der Waals surface area contributed by atoms with Crippen LogP contribution in [0.15, 0.2) is 114 Å². The second kappa shape index (κ2) is 15.2. The summed E-state index contributed by atoms with van der Waals surface area (Å²) in [6.45, 7) is 3.57. The zero-order chi connectivity index (χ0) is 32.5. The first kappa shape index (κ1) is 32.9. The van der Waals surface area contributed by atoms with Gasteiger partial charge in [0.25, 0.3) is 10.0 Å². The SMILES string of the molecule is Cc1ccc(S(=O)(=O)N(CC(=O)N(Cc2cccc(C)c2)[C@H](Cc2ccccc2)C(=O)NC2CCCCC2)c2ccccc2)cc1. The van der Waals surface area contributed by atoms with Gasteiger partial charge in [0, 0.05) is 19.0 Å². The molecule has 0 bridgehead atoms. The van der Waals surface area contributed by atoms with Crippen molar-refractivity contribution in [2.75, 3.05) is 10.8 Å². The van der Waals surface area contributed by atoms with E-state index < -0.39 is 28.5 Å². The molecule has 0 unspecified atom stereocenters. The van der Waals surface area contributed by atoms with E-state index in [-0.39, 0.29) is 23.4 Å². The molecule has 2 amide bonds. The third-order valence-corrected chi connectivity index (χ3v) is 10.4. The first-order valence-electron chi connectivity index (χ1n) is 16.0. The molecule has 0 radical (unpaired) electrons. The number of para-hydroxylation sites is 1. The first-order valence-corrected chi connectivity index (χ1v) is 17.5. The summed E-state index contributed by atoms with van der Waals surface area (Å²) in [7, 11) is -4.12. The number of aryl methyl sites for hydroxylation is 2. The third kappa shape index (κ3) is 8.43. The number of anilines is 1. The summed E-state index contributed by atoms with van der Waals surface area (Å²) in [5, 5.41) is 3.25. The molecule has 8 heteroatoms. The van der Waals surface area contributed by atoms with Crippen LogP contribution in [0.4, 0.5) is 5.69 Å². The highest BCUT2D eigenvalue weighted by Gasteiger charge is 2.35. The predicted octanol–water partition coefficient (Wildman–Crippen LogP) is 6.59. The van der Waals surface area contributed by atoms with Crippen LogP contribution in [0.2, 0.25) is 0 Å². The highest BCUT2D eigenvalue weighted by molar-refractivity contribution is 7.92. The van der Waals surface area contributed by atoms with E-state index in [0.29, 0.717) is 12.1 Å². The van der Waals surface area contributed by atoms with Crippen molar-refractivity contribution in [1.29, 1.82) is 0 Å². The maximum Gasteiger partial charge on any atom is 0.264 e. The van der Waals surface area contributed by atoms with E-state index >= 15 is 0 Å². The molecule has 0 aromatic heterocycles. The summed E-state index contributed by atoms with van der Waals surface area (Å²) in [5.41, 5.74) is 4.12. The van der Waals surface area contributed by atoms with E-state index in [1.54, 1.807) is 59.5 Å².